The van der Waals surface area contributed by atoms with Crippen molar-refractivity contribution in [3.8, 4) is 17.0 Å². The molecule has 0 radical (unpaired) electrons. The van der Waals surface area contributed by atoms with Crippen molar-refractivity contribution in [2.24, 2.45) is 5.73 Å². The Hall–Kier alpha value is -4.52. The number of carbonyl (C=O) groups excluding carboxylic acids is 2. The van der Waals surface area contributed by atoms with Gasteiger partial charge in [-0.05, 0) is 55.5 Å². The second-order valence-corrected chi connectivity index (χ2v) is 9.38. The Bertz CT molecular complexity index is 1600. The molecule has 1 aliphatic heterocycles. The zero-order valence-electron chi connectivity index (χ0n) is 20.3. The average molecular weight is 543 g/mol. The van der Waals surface area contributed by atoms with Gasteiger partial charge in [0, 0.05) is 23.5 Å². The molecule has 4 aromatic rings. The Morgan fingerprint density at radius 3 is 2.56 bits per heavy atom. The molecule has 13 heteroatoms. The normalized spacial score (nSPS) is 18.3. The van der Waals surface area contributed by atoms with Gasteiger partial charge in [-0.25, -0.2) is 13.9 Å². The molecule has 1 aromatic carbocycles. The SMILES string of the molecule is C[C@]1(C(N)=O)COc2c1cc([C@@](O)(CNC(=O)c1ccc3ccnn3c1)C(F)(F)F)nc2-c1ccc(F)cc1. The molecule has 5 rings (SSSR count). The molecule has 0 bridgehead atoms. The van der Waals surface area contributed by atoms with E-state index in [-0.39, 0.29) is 34.7 Å². The van der Waals surface area contributed by atoms with E-state index in [1.165, 1.54) is 42.0 Å². The molecule has 9 nitrogen and oxygen atoms in total. The van der Waals surface area contributed by atoms with Gasteiger partial charge in [-0.2, -0.15) is 18.3 Å². The maximum Gasteiger partial charge on any atom is 0.424 e. The summed E-state index contributed by atoms with van der Waals surface area (Å²) in [4.78, 5) is 29.1. The van der Waals surface area contributed by atoms with Gasteiger partial charge >= 0.3 is 6.18 Å². The van der Waals surface area contributed by atoms with E-state index in [0.717, 1.165) is 18.2 Å². The van der Waals surface area contributed by atoms with E-state index < -0.39 is 47.1 Å². The highest BCUT2D eigenvalue weighted by molar-refractivity contribution is 5.94. The van der Waals surface area contributed by atoms with Crippen molar-refractivity contribution in [2.75, 3.05) is 13.2 Å². The molecule has 39 heavy (non-hydrogen) atoms. The fourth-order valence-electron chi connectivity index (χ4n) is 4.30. The smallest absolute Gasteiger partial charge is 0.424 e. The molecule has 4 heterocycles. The minimum absolute atomic E-state index is 0.000609. The maximum absolute atomic E-state index is 14.5. The lowest BCUT2D eigenvalue weighted by Crippen LogP contribution is -2.51. The number of benzene rings is 1. The molecule has 2 atom stereocenters. The number of rotatable bonds is 6. The average Bonchev–Trinajstić information content (AvgIpc) is 3.51. The van der Waals surface area contributed by atoms with Gasteiger partial charge in [0.05, 0.1) is 23.3 Å². The number of nitrogens with zero attached hydrogens (tertiary/aromatic N) is 3. The van der Waals surface area contributed by atoms with Gasteiger partial charge in [0.2, 0.25) is 11.5 Å². The molecule has 2 amide bonds. The first-order valence-electron chi connectivity index (χ1n) is 11.6. The van der Waals surface area contributed by atoms with E-state index >= 15 is 0 Å². The highest BCUT2D eigenvalue weighted by Gasteiger charge is 2.57. The van der Waals surface area contributed by atoms with Gasteiger partial charge in [0.1, 0.15) is 29.3 Å². The molecule has 202 valence electrons. The number of hydrogen-bond donors (Lipinski definition) is 3. The van der Waals surface area contributed by atoms with E-state index in [9.17, 15) is 32.3 Å². The first kappa shape index (κ1) is 26.1. The van der Waals surface area contributed by atoms with Crippen LogP contribution in [0.25, 0.3) is 16.8 Å². The minimum atomic E-state index is -5.32. The standard InChI is InChI=1S/C26H21F4N5O4/c1-24(23(31)37)13-39-21-18(24)10-19(34-20(21)14-2-5-16(27)6-3-14)25(38,26(28,29)30)12-32-22(36)15-4-7-17-8-9-33-35(17)11-15/h2-11,38H,12-13H2,1H3,(H2,31,37)(H,32,36)/t24-,25-/m0/s1. The lowest BCUT2D eigenvalue weighted by molar-refractivity contribution is -0.265. The summed E-state index contributed by atoms with van der Waals surface area (Å²) in [7, 11) is 0. The zero-order chi connectivity index (χ0) is 28.2. The number of primary amides is 1. The Labute approximate surface area is 218 Å². The number of halogens is 4. The molecular weight excluding hydrogens is 522 g/mol. The van der Waals surface area contributed by atoms with Crippen LogP contribution in [-0.2, 0) is 15.8 Å². The van der Waals surface area contributed by atoms with Gasteiger partial charge in [-0.3, -0.25) is 9.59 Å². The van der Waals surface area contributed by atoms with Crippen LogP contribution >= 0.6 is 0 Å². The van der Waals surface area contributed by atoms with Crippen molar-refractivity contribution in [3.63, 3.8) is 0 Å². The largest absolute Gasteiger partial charge is 0.489 e. The van der Waals surface area contributed by atoms with Gasteiger partial charge in [0.15, 0.2) is 0 Å². The van der Waals surface area contributed by atoms with Crippen LogP contribution in [0.2, 0.25) is 0 Å². The minimum Gasteiger partial charge on any atom is -0.489 e. The van der Waals surface area contributed by atoms with Gasteiger partial charge in [-0.1, -0.05) is 0 Å². The predicted octanol–water partition coefficient (Wildman–Crippen LogP) is 2.85. The lowest BCUT2D eigenvalue weighted by atomic mass is 9.81. The number of ether oxygens (including phenoxy) is 1. The van der Waals surface area contributed by atoms with Crippen molar-refractivity contribution >= 4 is 17.3 Å². The summed E-state index contributed by atoms with van der Waals surface area (Å²) in [5, 5.41) is 17.2. The molecule has 1 aliphatic rings. The van der Waals surface area contributed by atoms with Crippen molar-refractivity contribution in [1.82, 2.24) is 19.9 Å². The molecule has 0 saturated heterocycles. The van der Waals surface area contributed by atoms with Crippen LogP contribution in [0.3, 0.4) is 0 Å². The molecule has 4 N–H and O–H groups in total. The Balaban J connectivity index is 1.59. The monoisotopic (exact) mass is 543 g/mol. The van der Waals surface area contributed by atoms with Crippen molar-refractivity contribution in [1.29, 1.82) is 0 Å². The molecule has 3 aromatic heterocycles. The number of nitrogens with one attached hydrogen (secondary N) is 1. The van der Waals surface area contributed by atoms with Crippen LogP contribution in [0.5, 0.6) is 5.75 Å². The van der Waals surface area contributed by atoms with Crippen LogP contribution in [-0.4, -0.2) is 50.8 Å². The first-order valence-corrected chi connectivity index (χ1v) is 11.6. The van der Waals surface area contributed by atoms with E-state index in [0.29, 0.717) is 5.52 Å². The topological polar surface area (TPSA) is 132 Å². The number of carbonyl (C=O) groups is 2. The van der Waals surface area contributed by atoms with Crippen molar-refractivity contribution in [2.45, 2.75) is 24.1 Å². The van der Waals surface area contributed by atoms with E-state index in [1.807, 2.05) is 0 Å². The van der Waals surface area contributed by atoms with Crippen LogP contribution in [0.4, 0.5) is 17.6 Å². The fraction of sp³-hybridized carbons (Fsp3) is 0.231. The number of alkyl halides is 3. The third kappa shape index (κ3) is 4.34. The van der Waals surface area contributed by atoms with Crippen LogP contribution in [0, 0.1) is 5.82 Å². The number of fused-ring (bicyclic) bond motifs is 2. The number of amides is 2. The predicted molar refractivity (Wildman–Crippen MR) is 129 cm³/mol. The summed E-state index contributed by atoms with van der Waals surface area (Å²) in [6.07, 6.45) is -2.51. The third-order valence-electron chi connectivity index (χ3n) is 6.79. The number of nitrogens with two attached hydrogens (primary N) is 1. The Kier molecular flexibility index (Phi) is 6.06. The Morgan fingerprint density at radius 2 is 1.90 bits per heavy atom. The number of aromatic nitrogens is 3. The van der Waals surface area contributed by atoms with E-state index in [1.54, 1.807) is 12.1 Å². The molecule has 0 unspecified atom stereocenters. The third-order valence-corrected chi connectivity index (χ3v) is 6.79. The number of pyridine rings is 2. The quantitative estimate of drug-likeness (QED) is 0.321. The maximum atomic E-state index is 14.5. The summed E-state index contributed by atoms with van der Waals surface area (Å²) < 4.78 is 64.0. The highest BCUT2D eigenvalue weighted by atomic mass is 19.4. The summed E-state index contributed by atoms with van der Waals surface area (Å²) >= 11 is 0. The van der Waals surface area contributed by atoms with Crippen molar-refractivity contribution in [3.05, 3.63) is 83.6 Å². The van der Waals surface area contributed by atoms with E-state index in [4.69, 9.17) is 10.5 Å². The second kappa shape index (κ2) is 9.05. The Morgan fingerprint density at radius 1 is 1.18 bits per heavy atom. The van der Waals surface area contributed by atoms with Gasteiger partial charge in [0.25, 0.3) is 5.91 Å². The number of aliphatic hydroxyl groups is 1. The molecule has 0 aliphatic carbocycles. The molecular formula is C26H21F4N5O4. The lowest BCUT2D eigenvalue weighted by Gasteiger charge is -2.31. The molecule has 0 fully saturated rings. The van der Waals surface area contributed by atoms with Gasteiger partial charge in [-0.15, -0.1) is 0 Å². The summed E-state index contributed by atoms with van der Waals surface area (Å²) in [6, 6.07) is 10.2. The van der Waals surface area contributed by atoms with E-state index in [2.05, 4.69) is 15.4 Å². The van der Waals surface area contributed by atoms with Crippen LogP contribution in [0.1, 0.15) is 28.5 Å². The van der Waals surface area contributed by atoms with Crippen molar-refractivity contribution < 1.29 is 37.0 Å². The number of hydrogen-bond acceptors (Lipinski definition) is 6. The fourth-order valence-corrected chi connectivity index (χ4v) is 4.30. The summed E-state index contributed by atoms with van der Waals surface area (Å²) in [5.74, 6) is -2.40. The van der Waals surface area contributed by atoms with Crippen LogP contribution < -0.4 is 15.8 Å². The zero-order valence-corrected chi connectivity index (χ0v) is 20.3. The summed E-state index contributed by atoms with van der Waals surface area (Å²) in [6.45, 7) is -0.206. The highest BCUT2D eigenvalue weighted by Crippen LogP contribution is 2.47. The molecule has 0 saturated carbocycles. The van der Waals surface area contributed by atoms with Gasteiger partial charge < -0.3 is 20.9 Å². The first-order chi connectivity index (χ1) is 18.3. The molecule has 0 spiro atoms. The van der Waals surface area contributed by atoms with Crippen LogP contribution in [0.15, 0.2) is 60.9 Å². The second-order valence-electron chi connectivity index (χ2n) is 9.38. The summed E-state index contributed by atoms with van der Waals surface area (Å²) in [5.41, 5.74) is 0.0520.